The summed E-state index contributed by atoms with van der Waals surface area (Å²) in [5, 5.41) is 2.63. The molecule has 62 valence electrons. The normalized spacial score (nSPS) is 14.3. The Morgan fingerprint density at radius 3 is 2.92 bits per heavy atom. The maximum Gasteiger partial charge on any atom is 0.229 e. The molecule has 0 aromatic heterocycles. The Hall–Kier alpha value is -1.38. The minimum Gasteiger partial charge on any atom is -0.325 e. The van der Waals surface area contributed by atoms with Gasteiger partial charge in [-0.25, -0.2) is 4.39 Å². The van der Waals surface area contributed by atoms with Crippen LogP contribution in [-0.2, 0) is 11.2 Å². The number of anilines is 1. The third-order valence-corrected chi connectivity index (χ3v) is 2.07. The number of halogens is 1. The molecule has 0 saturated carbocycles. The fourth-order valence-corrected chi connectivity index (χ4v) is 1.43. The molecule has 0 spiro atoms. The van der Waals surface area contributed by atoms with E-state index in [1.807, 2.05) is 6.92 Å². The van der Waals surface area contributed by atoms with E-state index < -0.39 is 0 Å². The molecule has 0 atom stereocenters. The predicted octanol–water partition coefficient (Wildman–Crippen LogP) is 1.63. The van der Waals surface area contributed by atoms with Crippen LogP contribution < -0.4 is 5.32 Å². The van der Waals surface area contributed by atoms with E-state index in [0.29, 0.717) is 11.3 Å². The average Bonchev–Trinajstić information content (AvgIpc) is 2.41. The molecule has 0 unspecified atom stereocenters. The van der Waals surface area contributed by atoms with Crippen LogP contribution in [0.3, 0.4) is 0 Å². The molecule has 1 aromatic carbocycles. The molecule has 1 amide bonds. The van der Waals surface area contributed by atoms with E-state index in [9.17, 15) is 9.18 Å². The number of fused-ring (bicyclic) bond motifs is 1. The highest BCUT2D eigenvalue weighted by Crippen LogP contribution is 2.28. The smallest absolute Gasteiger partial charge is 0.229 e. The first-order valence-electron chi connectivity index (χ1n) is 3.76. The Morgan fingerprint density at radius 2 is 2.25 bits per heavy atom. The van der Waals surface area contributed by atoms with Gasteiger partial charge in [-0.15, -0.1) is 0 Å². The summed E-state index contributed by atoms with van der Waals surface area (Å²) in [6.45, 7) is 1.85. The van der Waals surface area contributed by atoms with Gasteiger partial charge in [0.05, 0.1) is 12.1 Å². The van der Waals surface area contributed by atoms with E-state index in [2.05, 4.69) is 5.32 Å². The highest BCUT2D eigenvalue weighted by Gasteiger charge is 2.22. The van der Waals surface area contributed by atoms with Gasteiger partial charge in [-0.3, -0.25) is 4.79 Å². The zero-order chi connectivity index (χ0) is 8.72. The number of carbonyl (C=O) groups excluding carboxylic acids is 1. The molecule has 0 fully saturated rings. The number of aryl methyl sites for hydroxylation is 1. The summed E-state index contributed by atoms with van der Waals surface area (Å²) in [5.74, 6) is -0.424. The second-order valence-corrected chi connectivity index (χ2v) is 2.94. The second kappa shape index (κ2) is 2.30. The Balaban J connectivity index is 2.64. The molecular weight excluding hydrogens is 157 g/mol. The Bertz CT molecular complexity index is 327. The lowest BCUT2D eigenvalue weighted by Gasteiger charge is -2.02. The van der Waals surface area contributed by atoms with Gasteiger partial charge in [-0.1, -0.05) is 6.07 Å². The van der Waals surface area contributed by atoms with E-state index in [4.69, 9.17) is 0 Å². The fraction of sp³-hybridized carbons (Fsp3) is 0.222. The first-order chi connectivity index (χ1) is 5.68. The number of hydrogen-bond acceptors (Lipinski definition) is 1. The quantitative estimate of drug-likeness (QED) is 0.622. The van der Waals surface area contributed by atoms with Crippen molar-refractivity contribution in [3.8, 4) is 0 Å². The Labute approximate surface area is 69.4 Å². The molecule has 0 radical (unpaired) electrons. The van der Waals surface area contributed by atoms with Gasteiger partial charge < -0.3 is 5.32 Å². The number of hydrogen-bond donors (Lipinski definition) is 1. The maximum absolute atomic E-state index is 13.1. The van der Waals surface area contributed by atoms with E-state index in [1.165, 1.54) is 6.07 Å². The highest BCUT2D eigenvalue weighted by atomic mass is 19.1. The summed E-state index contributed by atoms with van der Waals surface area (Å²) in [6.07, 6.45) is 0.169. The van der Waals surface area contributed by atoms with Gasteiger partial charge in [0, 0.05) is 5.56 Å². The van der Waals surface area contributed by atoms with Crippen LogP contribution in [0.25, 0.3) is 0 Å². The molecule has 12 heavy (non-hydrogen) atoms. The van der Waals surface area contributed by atoms with E-state index >= 15 is 0 Å². The standard InChI is InChI=1S/C9H8FNO/c1-5-2-3-7(10)6-4-8(12)11-9(5)6/h2-3H,4H2,1H3,(H,11,12). The van der Waals surface area contributed by atoms with Gasteiger partial charge in [0.2, 0.25) is 5.91 Å². The number of carbonyl (C=O) groups is 1. The molecule has 2 nitrogen and oxygen atoms in total. The monoisotopic (exact) mass is 165 g/mol. The van der Waals surface area contributed by atoms with Crippen molar-refractivity contribution in [2.75, 3.05) is 5.32 Å². The van der Waals surface area contributed by atoms with Crippen molar-refractivity contribution >= 4 is 11.6 Å². The summed E-state index contributed by atoms with van der Waals surface area (Å²) < 4.78 is 13.1. The summed E-state index contributed by atoms with van der Waals surface area (Å²) in [4.78, 5) is 10.9. The fourth-order valence-electron chi connectivity index (χ4n) is 1.43. The number of benzene rings is 1. The van der Waals surface area contributed by atoms with Crippen LogP contribution in [0.15, 0.2) is 12.1 Å². The van der Waals surface area contributed by atoms with Crippen molar-refractivity contribution < 1.29 is 9.18 Å². The SMILES string of the molecule is Cc1ccc(F)c2c1NC(=O)C2. The summed E-state index contributed by atoms with van der Waals surface area (Å²) in [5.41, 5.74) is 2.07. The van der Waals surface area contributed by atoms with Crippen molar-refractivity contribution in [1.29, 1.82) is 0 Å². The minimum atomic E-state index is -0.297. The van der Waals surface area contributed by atoms with Crippen LogP contribution in [0.2, 0.25) is 0 Å². The molecule has 0 aliphatic carbocycles. The van der Waals surface area contributed by atoms with Gasteiger partial charge in [0.15, 0.2) is 0 Å². The second-order valence-electron chi connectivity index (χ2n) is 2.94. The average molecular weight is 165 g/mol. The zero-order valence-corrected chi connectivity index (χ0v) is 6.65. The van der Waals surface area contributed by atoms with E-state index in [-0.39, 0.29) is 18.1 Å². The molecule has 1 aliphatic rings. The van der Waals surface area contributed by atoms with Crippen LogP contribution in [0.4, 0.5) is 10.1 Å². The predicted molar refractivity (Wildman–Crippen MR) is 43.5 cm³/mol. The summed E-state index contributed by atoms with van der Waals surface area (Å²) >= 11 is 0. The number of rotatable bonds is 0. The third kappa shape index (κ3) is 0.897. The molecule has 3 heteroatoms. The third-order valence-electron chi connectivity index (χ3n) is 2.07. The van der Waals surface area contributed by atoms with Crippen LogP contribution in [0, 0.1) is 12.7 Å². The minimum absolute atomic E-state index is 0.127. The molecular formula is C9H8FNO. The molecule has 1 aliphatic heterocycles. The van der Waals surface area contributed by atoms with Gasteiger partial charge in [0.25, 0.3) is 0 Å². The molecule has 0 saturated heterocycles. The van der Waals surface area contributed by atoms with Crippen LogP contribution in [-0.4, -0.2) is 5.91 Å². The maximum atomic E-state index is 13.1. The van der Waals surface area contributed by atoms with Gasteiger partial charge in [0.1, 0.15) is 5.82 Å². The van der Waals surface area contributed by atoms with E-state index in [1.54, 1.807) is 6.07 Å². The number of nitrogens with one attached hydrogen (secondary N) is 1. The zero-order valence-electron chi connectivity index (χ0n) is 6.65. The van der Waals surface area contributed by atoms with Crippen LogP contribution >= 0.6 is 0 Å². The molecule has 2 rings (SSSR count). The molecule has 1 aromatic rings. The van der Waals surface area contributed by atoms with Crippen LogP contribution in [0.5, 0.6) is 0 Å². The largest absolute Gasteiger partial charge is 0.325 e. The van der Waals surface area contributed by atoms with Crippen molar-refractivity contribution in [2.45, 2.75) is 13.3 Å². The van der Waals surface area contributed by atoms with Gasteiger partial charge in [-0.05, 0) is 18.6 Å². The molecule has 0 bridgehead atoms. The summed E-state index contributed by atoms with van der Waals surface area (Å²) in [6, 6.07) is 3.06. The first-order valence-corrected chi connectivity index (χ1v) is 3.76. The van der Waals surface area contributed by atoms with E-state index in [0.717, 1.165) is 5.56 Å². The van der Waals surface area contributed by atoms with Crippen molar-refractivity contribution in [3.63, 3.8) is 0 Å². The van der Waals surface area contributed by atoms with Crippen molar-refractivity contribution in [3.05, 3.63) is 29.1 Å². The summed E-state index contributed by atoms with van der Waals surface area (Å²) in [7, 11) is 0. The first kappa shape index (κ1) is 7.28. The topological polar surface area (TPSA) is 29.1 Å². The Morgan fingerprint density at radius 1 is 1.50 bits per heavy atom. The highest BCUT2D eigenvalue weighted by molar-refractivity contribution is 6.00. The lowest BCUT2D eigenvalue weighted by atomic mass is 10.1. The number of amides is 1. The molecule has 1 heterocycles. The Kier molecular flexibility index (Phi) is 1.40. The van der Waals surface area contributed by atoms with Crippen molar-refractivity contribution in [2.24, 2.45) is 0 Å². The van der Waals surface area contributed by atoms with Crippen molar-refractivity contribution in [1.82, 2.24) is 0 Å². The lowest BCUT2D eigenvalue weighted by Crippen LogP contribution is -2.04. The van der Waals surface area contributed by atoms with Crippen LogP contribution in [0.1, 0.15) is 11.1 Å². The molecule has 1 N–H and O–H groups in total. The van der Waals surface area contributed by atoms with Gasteiger partial charge >= 0.3 is 0 Å². The lowest BCUT2D eigenvalue weighted by molar-refractivity contribution is -0.115. The van der Waals surface area contributed by atoms with Gasteiger partial charge in [-0.2, -0.15) is 0 Å².